The van der Waals surface area contributed by atoms with E-state index in [0.717, 1.165) is 61.6 Å². The molecule has 2 saturated carbocycles. The molecule has 8 N–H and O–H groups in total. The number of hydroxylamine groups is 2. The summed E-state index contributed by atoms with van der Waals surface area (Å²) in [6.45, 7) is 20.8. The Bertz CT molecular complexity index is 3950. The van der Waals surface area contributed by atoms with E-state index in [1.165, 1.54) is 15.4 Å². The summed E-state index contributed by atoms with van der Waals surface area (Å²) in [5.74, 6) is -7.47. The molecule has 7 aliphatic heterocycles. The number of allylic oxidation sites excluding steroid dienone is 2. The molecular formula is C83H119N11O21. The fourth-order valence-electron chi connectivity index (χ4n) is 15.1. The van der Waals surface area contributed by atoms with Crippen LogP contribution in [0.15, 0.2) is 72.8 Å². The van der Waals surface area contributed by atoms with Crippen molar-refractivity contribution in [2.75, 3.05) is 32.8 Å². The van der Waals surface area contributed by atoms with Crippen LogP contribution in [0.2, 0.25) is 0 Å². The highest BCUT2D eigenvalue weighted by Crippen LogP contribution is 2.47. The number of carbonyl (C=O) groups excluding carboxylic acids is 13. The standard InChI is InChI=1S/C38H53N5O9.C30H40N4O6.C14H22N2O6.CH4/c1-23(2)30(40-35(49)52-37(3,4)5)32(45)39-28-16-10-8-6-7-9-15-26-20-38(26,34(47)48)41-31(44)29-19-27(22-43(29)33(28)46)51-36(50)42-18-17-24-13-11-12-14-25(24)21-42;1-2-39-28(37)30-17-22(30)12-6-4-3-5-7-13-24(31)27(36)34-19-23(16-25(34)26(35)32-30)40-29(38)33-15-14-20-10-8-9-11-21(20)18-33;1-8(2)11(15-13(20)21-14(3,4)5)12(19)22-16-9(17)6-7-10(16)18;/h9,11-15,23,26-30H,6-8,10,16-22H2,1-5H3,(H,39,45)(H,40,49)(H,41,44)(H,47,48);6,8-12,22-25H,2-5,7,13-19,31H2,1H3,(H,32,35);8,11H,6-7H2,1-5H3,(H,15,20);1H4/b15-9-;12-6-;;/t26-,27-,28+,29+,30-,38-;22-,23-,24+,25+,30-;;/m11../s1. The summed E-state index contributed by atoms with van der Waals surface area (Å²) >= 11 is 0. The lowest BCUT2D eigenvalue weighted by Crippen LogP contribution is -2.59. The van der Waals surface area contributed by atoms with Crippen LogP contribution in [0.4, 0.5) is 19.2 Å². The number of hydrogen-bond acceptors (Lipinski definition) is 21. The third-order valence-electron chi connectivity index (χ3n) is 21.6. The van der Waals surface area contributed by atoms with Crippen LogP contribution in [0.3, 0.4) is 0 Å². The molecule has 1 unspecified atom stereocenters. The lowest BCUT2D eigenvalue weighted by molar-refractivity contribution is -0.199. The molecule has 0 radical (unpaired) electrons. The van der Waals surface area contributed by atoms with E-state index in [-0.39, 0.29) is 89.3 Å². The maximum Gasteiger partial charge on any atom is 0.410 e. The summed E-state index contributed by atoms with van der Waals surface area (Å²) in [4.78, 5) is 191. The zero-order valence-electron chi connectivity index (χ0n) is 67.5. The number of carboxylic acid groups (broad SMARTS) is 1. The third kappa shape index (κ3) is 24.0. The zero-order valence-corrected chi connectivity index (χ0v) is 67.5. The number of carboxylic acids is 1. The number of nitrogens with zero attached hydrogens (tertiary/aromatic N) is 5. The van der Waals surface area contributed by atoms with Crippen molar-refractivity contribution >= 4 is 83.6 Å². The van der Waals surface area contributed by atoms with Gasteiger partial charge in [0.1, 0.15) is 64.7 Å². The van der Waals surface area contributed by atoms with Gasteiger partial charge in [0.2, 0.25) is 29.5 Å². The molecule has 115 heavy (non-hydrogen) atoms. The minimum atomic E-state index is -1.50. The first-order valence-electron chi connectivity index (χ1n) is 40.1. The van der Waals surface area contributed by atoms with E-state index in [1.54, 1.807) is 86.0 Å². The summed E-state index contributed by atoms with van der Waals surface area (Å²) in [7, 11) is 0. The van der Waals surface area contributed by atoms with Gasteiger partial charge in [0.25, 0.3) is 11.8 Å². The van der Waals surface area contributed by atoms with Gasteiger partial charge in [0.15, 0.2) is 0 Å². The number of ether oxygens (including phenoxy) is 5. The molecule has 0 bridgehead atoms. The number of nitrogens with one attached hydrogen (secondary N) is 5. The van der Waals surface area contributed by atoms with Crippen molar-refractivity contribution in [1.29, 1.82) is 0 Å². The third-order valence-corrected chi connectivity index (χ3v) is 21.6. The number of hydrogen-bond donors (Lipinski definition) is 7. The largest absolute Gasteiger partial charge is 0.479 e. The summed E-state index contributed by atoms with van der Waals surface area (Å²) in [5, 5.41) is 24.1. The van der Waals surface area contributed by atoms with Gasteiger partial charge >= 0.3 is 42.3 Å². The fourth-order valence-corrected chi connectivity index (χ4v) is 15.1. The minimum absolute atomic E-state index is 0. The Morgan fingerprint density at radius 1 is 0.591 bits per heavy atom. The molecule has 11 amide bonds. The fraction of sp³-hybridized carbons (Fsp3) is 0.639. The first-order valence-corrected chi connectivity index (χ1v) is 40.1. The maximum absolute atomic E-state index is 14.5. The average molecular weight is 1610 g/mol. The molecule has 0 spiro atoms. The summed E-state index contributed by atoms with van der Waals surface area (Å²) in [5.41, 5.74) is 6.64. The number of benzene rings is 2. The van der Waals surface area contributed by atoms with Crippen LogP contribution in [0, 0.1) is 23.7 Å². The number of carbonyl (C=O) groups is 14. The van der Waals surface area contributed by atoms with E-state index in [2.05, 4.69) is 38.7 Å². The molecule has 32 nitrogen and oxygen atoms in total. The second-order valence-electron chi connectivity index (χ2n) is 33.5. The van der Waals surface area contributed by atoms with Gasteiger partial charge in [-0.3, -0.25) is 33.6 Å². The second-order valence-corrected chi connectivity index (χ2v) is 33.5. The van der Waals surface area contributed by atoms with Gasteiger partial charge in [0.05, 0.1) is 25.7 Å². The molecule has 12 atom stereocenters. The Morgan fingerprint density at radius 2 is 1.03 bits per heavy atom. The summed E-state index contributed by atoms with van der Waals surface area (Å²) in [6, 6.07) is 9.94. The van der Waals surface area contributed by atoms with Gasteiger partial charge in [-0.1, -0.05) is 134 Å². The van der Waals surface area contributed by atoms with Gasteiger partial charge < -0.3 is 85.5 Å². The molecular weight excluding hydrogens is 1490 g/mol. The lowest BCUT2D eigenvalue weighted by Gasteiger charge is -2.31. The zero-order chi connectivity index (χ0) is 83.1. The van der Waals surface area contributed by atoms with Crippen molar-refractivity contribution < 1.29 is 101 Å². The summed E-state index contributed by atoms with van der Waals surface area (Å²) < 4.78 is 27.5. The van der Waals surface area contributed by atoms with Crippen LogP contribution < -0.4 is 32.3 Å². The Morgan fingerprint density at radius 3 is 1.50 bits per heavy atom. The van der Waals surface area contributed by atoms with E-state index >= 15 is 0 Å². The minimum Gasteiger partial charge on any atom is -0.479 e. The quantitative estimate of drug-likeness (QED) is 0.0434. The van der Waals surface area contributed by atoms with Crippen molar-refractivity contribution in [3.05, 3.63) is 95.1 Å². The number of amides is 11. The summed E-state index contributed by atoms with van der Waals surface area (Å²) in [6.07, 6.45) is 13.0. The van der Waals surface area contributed by atoms with Crippen molar-refractivity contribution in [1.82, 2.24) is 51.2 Å². The molecule has 2 aliphatic carbocycles. The number of alkyl carbamates (subject to hydrolysis) is 2. The molecule has 7 heterocycles. The van der Waals surface area contributed by atoms with Gasteiger partial charge in [-0.05, 0) is 147 Å². The Hall–Kier alpha value is -10.1. The van der Waals surface area contributed by atoms with Crippen molar-refractivity contribution in [3.63, 3.8) is 0 Å². The number of esters is 1. The van der Waals surface area contributed by atoms with Crippen LogP contribution in [0.25, 0.3) is 0 Å². The van der Waals surface area contributed by atoms with E-state index in [4.69, 9.17) is 34.3 Å². The highest BCUT2D eigenvalue weighted by atomic mass is 16.7. The molecule has 0 aromatic heterocycles. The average Bonchev–Trinajstić information content (AvgIpc) is 1.59. The molecule has 32 heteroatoms. The molecule has 3 saturated heterocycles. The number of imide groups is 1. The van der Waals surface area contributed by atoms with E-state index in [0.29, 0.717) is 63.3 Å². The van der Waals surface area contributed by atoms with E-state index < -0.39 is 154 Å². The van der Waals surface area contributed by atoms with Crippen molar-refractivity contribution in [3.8, 4) is 0 Å². The highest BCUT2D eigenvalue weighted by Gasteiger charge is 2.63. The molecule has 11 rings (SSSR count). The predicted molar refractivity (Wildman–Crippen MR) is 418 cm³/mol. The molecule has 2 aromatic carbocycles. The Labute approximate surface area is 673 Å². The van der Waals surface area contributed by atoms with Crippen LogP contribution in [0.5, 0.6) is 0 Å². The number of aliphatic carboxylic acids is 1. The van der Waals surface area contributed by atoms with Crippen LogP contribution in [0.1, 0.15) is 209 Å². The Kier molecular flexibility index (Phi) is 31.0. The highest BCUT2D eigenvalue weighted by molar-refractivity contribution is 6.02. The van der Waals surface area contributed by atoms with Crippen molar-refractivity contribution in [2.45, 2.75) is 283 Å². The maximum atomic E-state index is 14.5. The number of rotatable bonds is 13. The number of fused-ring (bicyclic) bond motifs is 6. The normalized spacial score (nSPS) is 26.7. The van der Waals surface area contributed by atoms with Gasteiger partial charge in [-0.25, -0.2) is 33.6 Å². The van der Waals surface area contributed by atoms with Crippen LogP contribution in [-0.2, 0) is 102 Å². The Balaban J connectivity index is 0.000000232. The predicted octanol–water partition coefficient (Wildman–Crippen LogP) is 7.88. The monoisotopic (exact) mass is 1610 g/mol. The molecule has 2 aromatic rings. The molecule has 632 valence electrons. The molecule has 9 aliphatic rings. The van der Waals surface area contributed by atoms with E-state index in [9.17, 15) is 72.2 Å². The molecule has 5 fully saturated rings. The van der Waals surface area contributed by atoms with E-state index in [1.807, 2.05) is 60.7 Å². The smallest absolute Gasteiger partial charge is 0.410 e. The first-order chi connectivity index (χ1) is 53.9. The first kappa shape index (κ1) is 90.4. The van der Waals surface area contributed by atoms with Gasteiger partial charge in [-0.15, -0.1) is 5.06 Å². The SMILES string of the molecule is C.CC(C)C(NC(=O)OC(C)(C)C)C(=O)ON1C(=O)CCC1=O.CC(C)[C@@H](NC(=O)OC(C)(C)C)C(=O)N[C@H]1CCCCC/C=C\[C@@H]2C[C@@]2(C(=O)O)NC(=O)[C@@H]2C[C@@H](OC(=O)N3CCc4ccccc4C3)CN2C1=O.CCOC(=O)[C@@]12C[C@H]1/C=C\CCCCC[C@H](N)C(=O)N1C[C@H](OC(=O)N3CCc4ccccc4C3)C[C@H]1C(=O)N2. The van der Waals surface area contributed by atoms with Crippen molar-refractivity contribution in [2.24, 2.45) is 29.4 Å². The van der Waals surface area contributed by atoms with Crippen LogP contribution >= 0.6 is 0 Å². The topological polar surface area (TPSA) is 417 Å². The second kappa shape index (κ2) is 39.5. The lowest BCUT2D eigenvalue weighted by atomic mass is 10.0. The van der Waals surface area contributed by atoms with Gasteiger partial charge in [0, 0.05) is 63.7 Å². The van der Waals surface area contributed by atoms with Crippen LogP contribution in [-0.4, -0.2) is 217 Å². The van der Waals surface area contributed by atoms with Gasteiger partial charge in [-0.2, -0.15) is 0 Å². The number of nitrogens with two attached hydrogens (primary N) is 1.